The van der Waals surface area contributed by atoms with Crippen LogP contribution in [0, 0.1) is 5.92 Å². The third-order valence-corrected chi connectivity index (χ3v) is 2.94. The third kappa shape index (κ3) is 4.94. The summed E-state index contributed by atoms with van der Waals surface area (Å²) >= 11 is 0. The number of nitrogens with one attached hydrogen (secondary N) is 2. The topological polar surface area (TPSA) is 50.4 Å². The molecule has 4 heteroatoms. The molecule has 0 bridgehead atoms. The monoisotopic (exact) mass is 228 g/mol. The summed E-state index contributed by atoms with van der Waals surface area (Å²) < 4.78 is 5.42. The number of carbonyl (C=O) groups excluding carboxylic acids is 1. The first-order chi connectivity index (χ1) is 7.59. The summed E-state index contributed by atoms with van der Waals surface area (Å²) in [6, 6.07) is 0.329. The van der Waals surface area contributed by atoms with Crippen LogP contribution in [0.1, 0.15) is 33.6 Å². The van der Waals surface area contributed by atoms with Crippen molar-refractivity contribution in [3.63, 3.8) is 0 Å². The van der Waals surface area contributed by atoms with Crippen LogP contribution in [-0.4, -0.2) is 37.7 Å². The molecular weight excluding hydrogens is 204 g/mol. The summed E-state index contributed by atoms with van der Waals surface area (Å²) in [5, 5.41) is 6.14. The van der Waals surface area contributed by atoms with E-state index in [1.165, 1.54) is 0 Å². The first-order valence-corrected chi connectivity index (χ1v) is 6.21. The molecule has 1 saturated heterocycles. The zero-order chi connectivity index (χ0) is 12.0. The summed E-state index contributed by atoms with van der Waals surface area (Å²) in [6.07, 6.45) is 2.26. The Balaban J connectivity index is 2.05. The van der Waals surface area contributed by atoms with Gasteiger partial charge in [0.15, 0.2) is 0 Å². The van der Waals surface area contributed by atoms with Crippen LogP contribution in [-0.2, 0) is 9.53 Å². The van der Waals surface area contributed by atoms with Crippen molar-refractivity contribution in [1.29, 1.82) is 0 Å². The zero-order valence-corrected chi connectivity index (χ0v) is 10.6. The van der Waals surface area contributed by atoms with Gasteiger partial charge in [0.2, 0.25) is 5.91 Å². The molecule has 1 heterocycles. The molecule has 0 spiro atoms. The van der Waals surface area contributed by atoms with E-state index < -0.39 is 0 Å². The molecule has 0 saturated carbocycles. The fourth-order valence-corrected chi connectivity index (χ4v) is 1.79. The number of hydrogen-bond acceptors (Lipinski definition) is 3. The van der Waals surface area contributed by atoms with Crippen LogP contribution in [0.15, 0.2) is 0 Å². The van der Waals surface area contributed by atoms with Gasteiger partial charge in [-0.1, -0.05) is 13.8 Å². The summed E-state index contributed by atoms with van der Waals surface area (Å²) in [7, 11) is 0. The summed E-state index contributed by atoms with van der Waals surface area (Å²) in [4.78, 5) is 11.5. The first kappa shape index (κ1) is 13.5. The van der Waals surface area contributed by atoms with Crippen LogP contribution >= 0.6 is 0 Å². The second-order valence-corrected chi connectivity index (χ2v) is 4.88. The Labute approximate surface area is 98.1 Å². The van der Waals surface area contributed by atoms with E-state index in [-0.39, 0.29) is 12.0 Å². The quantitative estimate of drug-likeness (QED) is 0.710. The van der Waals surface area contributed by atoms with Crippen molar-refractivity contribution in [2.75, 3.05) is 19.7 Å². The van der Waals surface area contributed by atoms with E-state index in [9.17, 15) is 4.79 Å². The molecule has 1 aliphatic rings. The molecule has 2 unspecified atom stereocenters. The minimum atomic E-state index is 0.0831. The highest BCUT2D eigenvalue weighted by Gasteiger charge is 2.23. The standard InChI is InChI=1S/C12H24N2O2/c1-9(2)4-6-13-12(15)8-14-11-5-7-16-10(11)3/h9-11,14H,4-8H2,1-3H3,(H,13,15). The van der Waals surface area contributed by atoms with Crippen LogP contribution in [0.25, 0.3) is 0 Å². The van der Waals surface area contributed by atoms with Crippen molar-refractivity contribution < 1.29 is 9.53 Å². The van der Waals surface area contributed by atoms with E-state index in [1.54, 1.807) is 0 Å². The largest absolute Gasteiger partial charge is 0.377 e. The van der Waals surface area contributed by atoms with Crippen LogP contribution in [0.3, 0.4) is 0 Å². The van der Waals surface area contributed by atoms with Crippen molar-refractivity contribution >= 4 is 5.91 Å². The van der Waals surface area contributed by atoms with Gasteiger partial charge in [0.25, 0.3) is 0 Å². The van der Waals surface area contributed by atoms with E-state index >= 15 is 0 Å². The Kier molecular flexibility index (Phi) is 5.77. The van der Waals surface area contributed by atoms with Crippen molar-refractivity contribution in [1.82, 2.24) is 10.6 Å². The molecule has 16 heavy (non-hydrogen) atoms. The van der Waals surface area contributed by atoms with Gasteiger partial charge in [0.05, 0.1) is 12.6 Å². The molecule has 0 aromatic heterocycles. The van der Waals surface area contributed by atoms with Gasteiger partial charge in [-0.3, -0.25) is 4.79 Å². The minimum Gasteiger partial charge on any atom is -0.377 e. The van der Waals surface area contributed by atoms with Gasteiger partial charge in [-0.15, -0.1) is 0 Å². The molecule has 1 rings (SSSR count). The second kappa shape index (κ2) is 6.86. The van der Waals surface area contributed by atoms with Gasteiger partial charge in [0.1, 0.15) is 0 Å². The molecule has 1 amide bonds. The molecule has 2 N–H and O–H groups in total. The lowest BCUT2D eigenvalue weighted by molar-refractivity contribution is -0.120. The molecule has 1 aliphatic heterocycles. The zero-order valence-electron chi connectivity index (χ0n) is 10.6. The number of carbonyl (C=O) groups is 1. The Morgan fingerprint density at radius 3 is 2.81 bits per heavy atom. The smallest absolute Gasteiger partial charge is 0.233 e. The number of amides is 1. The van der Waals surface area contributed by atoms with Gasteiger partial charge in [-0.25, -0.2) is 0 Å². The predicted octanol–water partition coefficient (Wildman–Crippen LogP) is 0.916. The highest BCUT2D eigenvalue weighted by molar-refractivity contribution is 5.77. The van der Waals surface area contributed by atoms with Gasteiger partial charge in [0, 0.05) is 19.2 Å². The molecule has 4 nitrogen and oxygen atoms in total. The molecule has 1 fully saturated rings. The molecule has 0 aromatic carbocycles. The van der Waals surface area contributed by atoms with Crippen LogP contribution in [0.4, 0.5) is 0 Å². The number of rotatable bonds is 6. The van der Waals surface area contributed by atoms with E-state index in [2.05, 4.69) is 24.5 Å². The summed E-state index contributed by atoms with van der Waals surface area (Å²) in [6.45, 7) is 8.32. The Bertz CT molecular complexity index is 219. The first-order valence-electron chi connectivity index (χ1n) is 6.21. The van der Waals surface area contributed by atoms with Gasteiger partial charge < -0.3 is 15.4 Å². The average molecular weight is 228 g/mol. The van der Waals surface area contributed by atoms with Crippen LogP contribution < -0.4 is 10.6 Å². The molecule has 0 aliphatic carbocycles. The van der Waals surface area contributed by atoms with Crippen molar-refractivity contribution in [3.05, 3.63) is 0 Å². The maximum Gasteiger partial charge on any atom is 0.233 e. The Hall–Kier alpha value is -0.610. The lowest BCUT2D eigenvalue weighted by atomic mass is 10.1. The van der Waals surface area contributed by atoms with Gasteiger partial charge in [-0.2, -0.15) is 0 Å². The van der Waals surface area contributed by atoms with Gasteiger partial charge >= 0.3 is 0 Å². The van der Waals surface area contributed by atoms with Crippen LogP contribution in [0.2, 0.25) is 0 Å². The molecule has 0 radical (unpaired) electrons. The second-order valence-electron chi connectivity index (χ2n) is 4.88. The van der Waals surface area contributed by atoms with Crippen molar-refractivity contribution in [3.8, 4) is 0 Å². The maximum atomic E-state index is 11.5. The molecule has 0 aromatic rings. The molecule has 94 valence electrons. The Morgan fingerprint density at radius 1 is 1.50 bits per heavy atom. The fourth-order valence-electron chi connectivity index (χ4n) is 1.79. The highest BCUT2D eigenvalue weighted by atomic mass is 16.5. The van der Waals surface area contributed by atoms with E-state index in [0.717, 1.165) is 26.0 Å². The lowest BCUT2D eigenvalue weighted by Crippen LogP contribution is -2.42. The third-order valence-electron chi connectivity index (χ3n) is 2.94. The summed E-state index contributed by atoms with van der Waals surface area (Å²) in [5.74, 6) is 0.719. The fraction of sp³-hybridized carbons (Fsp3) is 0.917. The number of ether oxygens (including phenoxy) is 1. The van der Waals surface area contributed by atoms with Gasteiger partial charge in [-0.05, 0) is 25.7 Å². The van der Waals surface area contributed by atoms with E-state index in [4.69, 9.17) is 4.74 Å². The average Bonchev–Trinajstić information content (AvgIpc) is 2.60. The van der Waals surface area contributed by atoms with Crippen molar-refractivity contribution in [2.24, 2.45) is 5.92 Å². The van der Waals surface area contributed by atoms with E-state index in [0.29, 0.717) is 18.5 Å². The lowest BCUT2D eigenvalue weighted by Gasteiger charge is -2.15. The minimum absolute atomic E-state index is 0.0831. The van der Waals surface area contributed by atoms with Crippen molar-refractivity contribution in [2.45, 2.75) is 45.8 Å². The number of hydrogen-bond donors (Lipinski definition) is 2. The molecule has 2 atom stereocenters. The normalized spacial score (nSPS) is 25.0. The Morgan fingerprint density at radius 2 is 2.25 bits per heavy atom. The summed E-state index contributed by atoms with van der Waals surface area (Å²) in [5.41, 5.74) is 0. The van der Waals surface area contributed by atoms with Crippen LogP contribution in [0.5, 0.6) is 0 Å². The van der Waals surface area contributed by atoms with E-state index in [1.807, 2.05) is 6.92 Å². The predicted molar refractivity (Wildman–Crippen MR) is 64.3 cm³/mol. The molecular formula is C12H24N2O2. The highest BCUT2D eigenvalue weighted by Crippen LogP contribution is 2.11. The maximum absolute atomic E-state index is 11.5. The SMILES string of the molecule is CC(C)CCNC(=O)CNC1CCOC1C.